The summed E-state index contributed by atoms with van der Waals surface area (Å²) in [6.45, 7) is 3.21. The number of aromatic amines is 1. The minimum Gasteiger partial charge on any atom is -0.497 e. The molecule has 0 amide bonds. The van der Waals surface area contributed by atoms with Crippen LogP contribution in [0.5, 0.6) is 5.75 Å². The van der Waals surface area contributed by atoms with Crippen molar-refractivity contribution >= 4 is 10.9 Å². The molecule has 0 radical (unpaired) electrons. The normalized spacial score (nSPS) is 12.1. The van der Waals surface area contributed by atoms with Crippen molar-refractivity contribution in [2.24, 2.45) is 0 Å². The van der Waals surface area contributed by atoms with E-state index in [-0.39, 0.29) is 5.56 Å². The van der Waals surface area contributed by atoms with Crippen LogP contribution in [0.4, 0.5) is 13.2 Å². The van der Waals surface area contributed by atoms with E-state index in [4.69, 9.17) is 4.74 Å². The predicted octanol–water partition coefficient (Wildman–Crippen LogP) is 3.81. The molecular weight excluding hydrogens is 231 g/mol. The van der Waals surface area contributed by atoms with Crippen LogP contribution in [-0.2, 0) is 6.18 Å². The molecule has 0 saturated heterocycles. The Morgan fingerprint density at radius 2 is 1.82 bits per heavy atom. The largest absolute Gasteiger partial charge is 0.497 e. The van der Waals surface area contributed by atoms with Crippen molar-refractivity contribution in [1.29, 1.82) is 0 Å². The Kier molecular flexibility index (Phi) is 2.56. The van der Waals surface area contributed by atoms with E-state index in [0.717, 1.165) is 5.56 Å². The molecule has 2 nitrogen and oxygen atoms in total. The molecule has 0 atom stereocenters. The maximum atomic E-state index is 12.7. The number of methoxy groups -OCH3 is 1. The maximum absolute atomic E-state index is 12.7. The topological polar surface area (TPSA) is 25.0 Å². The van der Waals surface area contributed by atoms with Crippen LogP contribution in [0.2, 0.25) is 0 Å². The van der Waals surface area contributed by atoms with Gasteiger partial charge in [0.1, 0.15) is 11.4 Å². The number of benzene rings is 1. The molecule has 0 saturated carbocycles. The number of hydrogen-bond donors (Lipinski definition) is 1. The van der Waals surface area contributed by atoms with E-state index in [9.17, 15) is 13.2 Å². The fourth-order valence-electron chi connectivity index (χ4n) is 1.97. The highest BCUT2D eigenvalue weighted by Gasteiger charge is 2.35. The van der Waals surface area contributed by atoms with Gasteiger partial charge in [0.25, 0.3) is 0 Å². The van der Waals surface area contributed by atoms with E-state index in [1.165, 1.54) is 14.0 Å². The molecule has 0 spiro atoms. The molecule has 2 rings (SSSR count). The first-order valence-electron chi connectivity index (χ1n) is 5.08. The Morgan fingerprint density at radius 1 is 1.18 bits per heavy atom. The van der Waals surface area contributed by atoms with Gasteiger partial charge in [0.05, 0.1) is 7.11 Å². The van der Waals surface area contributed by atoms with E-state index >= 15 is 0 Å². The summed E-state index contributed by atoms with van der Waals surface area (Å²) in [5, 5.41) is 0.550. The molecule has 1 aromatic carbocycles. The van der Waals surface area contributed by atoms with E-state index < -0.39 is 11.9 Å². The molecule has 0 aliphatic carbocycles. The number of fused-ring (bicyclic) bond motifs is 1. The maximum Gasteiger partial charge on any atom is 0.431 e. The number of nitrogens with one attached hydrogen (secondary N) is 1. The van der Waals surface area contributed by atoms with Crippen LogP contribution in [0, 0.1) is 13.8 Å². The highest BCUT2D eigenvalue weighted by molar-refractivity contribution is 5.88. The van der Waals surface area contributed by atoms with Crippen molar-refractivity contribution in [2.45, 2.75) is 20.0 Å². The monoisotopic (exact) mass is 243 g/mol. The van der Waals surface area contributed by atoms with Crippen molar-refractivity contribution in [3.05, 3.63) is 29.0 Å². The van der Waals surface area contributed by atoms with Crippen LogP contribution in [0.15, 0.2) is 12.1 Å². The van der Waals surface area contributed by atoms with Gasteiger partial charge in [0, 0.05) is 10.9 Å². The zero-order valence-electron chi connectivity index (χ0n) is 9.70. The number of halogens is 3. The molecule has 0 aliphatic rings. The number of rotatable bonds is 1. The molecule has 5 heteroatoms. The van der Waals surface area contributed by atoms with Crippen molar-refractivity contribution in [3.63, 3.8) is 0 Å². The van der Waals surface area contributed by atoms with Gasteiger partial charge in [-0.25, -0.2) is 0 Å². The van der Waals surface area contributed by atoms with E-state index in [0.29, 0.717) is 16.7 Å². The summed E-state index contributed by atoms with van der Waals surface area (Å²) in [6.07, 6.45) is -4.36. The van der Waals surface area contributed by atoms with Crippen LogP contribution in [0.3, 0.4) is 0 Å². The SMILES string of the molecule is COc1cc(C)c2[nH]c(C(F)(F)F)c(C)c2c1. The number of aryl methyl sites for hydroxylation is 2. The summed E-state index contributed by atoms with van der Waals surface area (Å²) >= 11 is 0. The van der Waals surface area contributed by atoms with Crippen molar-refractivity contribution in [3.8, 4) is 5.75 Å². The van der Waals surface area contributed by atoms with Gasteiger partial charge < -0.3 is 9.72 Å². The highest BCUT2D eigenvalue weighted by atomic mass is 19.4. The van der Waals surface area contributed by atoms with Crippen molar-refractivity contribution in [1.82, 2.24) is 4.98 Å². The van der Waals surface area contributed by atoms with Gasteiger partial charge in [-0.1, -0.05) is 0 Å². The third-order valence-corrected chi connectivity index (χ3v) is 2.86. The second kappa shape index (κ2) is 3.68. The fourth-order valence-corrected chi connectivity index (χ4v) is 1.97. The van der Waals surface area contributed by atoms with E-state index in [1.807, 2.05) is 0 Å². The highest BCUT2D eigenvalue weighted by Crippen LogP contribution is 2.37. The van der Waals surface area contributed by atoms with Gasteiger partial charge in [-0.3, -0.25) is 0 Å². The number of ether oxygens (including phenoxy) is 1. The Bertz CT molecular complexity index is 569. The lowest BCUT2D eigenvalue weighted by molar-refractivity contribution is -0.141. The fraction of sp³-hybridized carbons (Fsp3) is 0.333. The lowest BCUT2D eigenvalue weighted by Crippen LogP contribution is -2.06. The lowest BCUT2D eigenvalue weighted by Gasteiger charge is -2.04. The first-order valence-corrected chi connectivity index (χ1v) is 5.08. The quantitative estimate of drug-likeness (QED) is 0.809. The molecule has 0 aliphatic heterocycles. The minimum atomic E-state index is -4.36. The van der Waals surface area contributed by atoms with Crippen molar-refractivity contribution in [2.75, 3.05) is 7.11 Å². The van der Waals surface area contributed by atoms with Gasteiger partial charge in [0.15, 0.2) is 0 Å². The molecule has 0 bridgehead atoms. The molecule has 2 aromatic rings. The summed E-state index contributed by atoms with van der Waals surface area (Å²) in [5.41, 5.74) is 0.756. The Morgan fingerprint density at radius 3 is 2.35 bits per heavy atom. The number of H-pyrrole nitrogens is 1. The van der Waals surface area contributed by atoms with Crippen LogP contribution >= 0.6 is 0 Å². The first kappa shape index (κ1) is 11.8. The van der Waals surface area contributed by atoms with Gasteiger partial charge in [-0.15, -0.1) is 0 Å². The minimum absolute atomic E-state index is 0.203. The Hall–Kier alpha value is -1.65. The molecule has 17 heavy (non-hydrogen) atoms. The third kappa shape index (κ3) is 1.85. The van der Waals surface area contributed by atoms with Gasteiger partial charge >= 0.3 is 6.18 Å². The molecule has 0 fully saturated rings. The average Bonchev–Trinajstić information content (AvgIpc) is 2.56. The van der Waals surface area contributed by atoms with Gasteiger partial charge in [-0.2, -0.15) is 13.2 Å². The Balaban J connectivity index is 2.78. The smallest absolute Gasteiger partial charge is 0.431 e. The van der Waals surface area contributed by atoms with E-state index in [1.54, 1.807) is 19.1 Å². The first-order chi connectivity index (χ1) is 7.84. The van der Waals surface area contributed by atoms with Crippen LogP contribution < -0.4 is 4.74 Å². The Labute approximate surface area is 96.4 Å². The molecule has 1 heterocycles. The van der Waals surface area contributed by atoms with Crippen LogP contribution in [0.1, 0.15) is 16.8 Å². The summed E-state index contributed by atoms with van der Waals surface area (Å²) in [6, 6.07) is 3.32. The number of hydrogen-bond acceptors (Lipinski definition) is 1. The van der Waals surface area contributed by atoms with E-state index in [2.05, 4.69) is 4.98 Å². The van der Waals surface area contributed by atoms with Gasteiger partial charge in [0.2, 0.25) is 0 Å². The third-order valence-electron chi connectivity index (χ3n) is 2.86. The zero-order chi connectivity index (χ0) is 12.8. The predicted molar refractivity (Wildman–Crippen MR) is 59.3 cm³/mol. The molecule has 92 valence electrons. The molecule has 1 N–H and O–H groups in total. The standard InChI is InChI=1S/C12H12F3NO/c1-6-4-8(17-3)5-9-7(2)11(12(13,14)15)16-10(6)9/h4-5,16H,1-3H3. The molecular formula is C12H12F3NO. The summed E-state index contributed by atoms with van der Waals surface area (Å²) < 4.78 is 43.3. The molecule has 1 aromatic heterocycles. The molecule has 0 unspecified atom stereocenters. The summed E-state index contributed by atoms with van der Waals surface area (Å²) in [7, 11) is 1.49. The second-order valence-corrected chi connectivity index (χ2v) is 3.99. The van der Waals surface area contributed by atoms with Crippen molar-refractivity contribution < 1.29 is 17.9 Å². The summed E-state index contributed by atoms with van der Waals surface area (Å²) in [5.74, 6) is 0.561. The average molecular weight is 243 g/mol. The van der Waals surface area contributed by atoms with Crippen LogP contribution in [-0.4, -0.2) is 12.1 Å². The number of aromatic nitrogens is 1. The van der Waals surface area contributed by atoms with Crippen LogP contribution in [0.25, 0.3) is 10.9 Å². The summed E-state index contributed by atoms with van der Waals surface area (Å²) in [4.78, 5) is 2.44. The number of alkyl halides is 3. The lowest BCUT2D eigenvalue weighted by atomic mass is 10.1. The second-order valence-electron chi connectivity index (χ2n) is 3.99. The zero-order valence-corrected chi connectivity index (χ0v) is 9.70. The van der Waals surface area contributed by atoms with Gasteiger partial charge in [-0.05, 0) is 37.1 Å².